The van der Waals surface area contributed by atoms with E-state index in [1.807, 2.05) is 31.2 Å². The van der Waals surface area contributed by atoms with Gasteiger partial charge in [-0.05, 0) is 67.6 Å². The Balaban J connectivity index is 1.75. The number of hydrogen-bond donors (Lipinski definition) is 0. The highest BCUT2D eigenvalue weighted by molar-refractivity contribution is 7.23. The molecule has 0 N–H and O–H groups in total. The van der Waals surface area contributed by atoms with Crippen molar-refractivity contribution < 1.29 is 4.79 Å². The molecule has 2 aromatic carbocycles. The monoisotopic (exact) mass is 449 g/mol. The van der Waals surface area contributed by atoms with Crippen molar-refractivity contribution in [3.8, 4) is 0 Å². The van der Waals surface area contributed by atoms with Crippen molar-refractivity contribution in [3.63, 3.8) is 0 Å². The van der Waals surface area contributed by atoms with Crippen LogP contribution >= 0.6 is 22.9 Å². The van der Waals surface area contributed by atoms with E-state index in [0.29, 0.717) is 23.1 Å². The van der Waals surface area contributed by atoms with Gasteiger partial charge in [0.15, 0.2) is 5.13 Å². The van der Waals surface area contributed by atoms with Crippen LogP contribution in [0, 0.1) is 27.7 Å². The van der Waals surface area contributed by atoms with E-state index in [-0.39, 0.29) is 5.91 Å². The summed E-state index contributed by atoms with van der Waals surface area (Å²) in [6.07, 6.45) is 3.84. The lowest BCUT2D eigenvalue weighted by molar-refractivity contribution is -0.118. The van der Waals surface area contributed by atoms with Gasteiger partial charge >= 0.3 is 0 Å². The topological polar surface area (TPSA) is 46.1 Å². The first-order valence-corrected chi connectivity index (χ1v) is 11.3. The molecule has 0 atom stereocenters. The average molecular weight is 450 g/mol. The zero-order chi connectivity index (χ0) is 22.1. The number of anilines is 1. The van der Waals surface area contributed by atoms with E-state index in [4.69, 9.17) is 16.6 Å². The lowest BCUT2D eigenvalue weighted by Crippen LogP contribution is -2.32. The summed E-state index contributed by atoms with van der Waals surface area (Å²) in [5.74, 6) is 0.00624. The summed E-state index contributed by atoms with van der Waals surface area (Å²) in [6, 6.07) is 11.9. The maximum Gasteiger partial charge on any atom is 0.233 e. The van der Waals surface area contributed by atoms with Gasteiger partial charge in [0.1, 0.15) is 0 Å². The van der Waals surface area contributed by atoms with Crippen LogP contribution in [0.4, 0.5) is 5.13 Å². The Labute approximate surface area is 191 Å². The van der Waals surface area contributed by atoms with Crippen molar-refractivity contribution in [2.24, 2.45) is 0 Å². The zero-order valence-corrected chi connectivity index (χ0v) is 19.6. The summed E-state index contributed by atoms with van der Waals surface area (Å²) in [5.41, 5.74) is 7.39. The number of aryl methyl sites for hydroxylation is 4. The molecule has 0 saturated carbocycles. The van der Waals surface area contributed by atoms with Gasteiger partial charge in [0, 0.05) is 12.4 Å². The number of aromatic nitrogens is 2. The van der Waals surface area contributed by atoms with Gasteiger partial charge in [-0.15, -0.1) is 0 Å². The minimum Gasteiger partial charge on any atom is -0.283 e. The molecular formula is C25H24ClN3OS. The standard InChI is InChI=1S/C25H24ClN3OS/c1-15-10-17(3)20(18(4)11-15)12-22(30)29(14-19-6-5-9-27-13-19)25-28-23-16(2)7-8-21(26)24(23)31-25/h5-11,13H,12,14H2,1-4H3. The van der Waals surface area contributed by atoms with Crippen molar-refractivity contribution in [3.05, 3.63) is 87.2 Å². The average Bonchev–Trinajstić information content (AvgIpc) is 3.19. The molecule has 2 heterocycles. The van der Waals surface area contributed by atoms with E-state index < -0.39 is 0 Å². The van der Waals surface area contributed by atoms with Crippen molar-refractivity contribution in [1.82, 2.24) is 9.97 Å². The second-order valence-corrected chi connectivity index (χ2v) is 9.32. The van der Waals surface area contributed by atoms with Gasteiger partial charge in [0.2, 0.25) is 5.91 Å². The third kappa shape index (κ3) is 4.48. The molecule has 0 aliphatic heterocycles. The molecule has 4 nitrogen and oxygen atoms in total. The predicted molar refractivity (Wildman–Crippen MR) is 129 cm³/mol. The molecule has 4 rings (SSSR count). The molecule has 0 aliphatic rings. The second-order valence-electron chi connectivity index (χ2n) is 7.93. The maximum atomic E-state index is 13.6. The van der Waals surface area contributed by atoms with E-state index in [1.165, 1.54) is 16.9 Å². The summed E-state index contributed by atoms with van der Waals surface area (Å²) >= 11 is 7.89. The molecule has 158 valence electrons. The highest BCUT2D eigenvalue weighted by Crippen LogP contribution is 2.36. The van der Waals surface area contributed by atoms with Crippen LogP contribution in [-0.4, -0.2) is 15.9 Å². The minimum atomic E-state index is 0.00624. The summed E-state index contributed by atoms with van der Waals surface area (Å²) in [6.45, 7) is 8.62. The summed E-state index contributed by atoms with van der Waals surface area (Å²) < 4.78 is 0.906. The van der Waals surface area contributed by atoms with E-state index in [2.05, 4.69) is 37.9 Å². The smallest absolute Gasteiger partial charge is 0.233 e. The van der Waals surface area contributed by atoms with Crippen LogP contribution in [0.1, 0.15) is 33.4 Å². The number of thiazole rings is 1. The Kier molecular flexibility index (Phi) is 6.08. The van der Waals surface area contributed by atoms with Crippen molar-refractivity contribution in [1.29, 1.82) is 0 Å². The van der Waals surface area contributed by atoms with Crippen LogP contribution in [0.25, 0.3) is 10.2 Å². The first-order chi connectivity index (χ1) is 14.8. The van der Waals surface area contributed by atoms with Crippen LogP contribution in [0.5, 0.6) is 0 Å². The molecular weight excluding hydrogens is 426 g/mol. The number of benzene rings is 2. The zero-order valence-electron chi connectivity index (χ0n) is 18.1. The Bertz CT molecular complexity index is 1200. The first-order valence-electron chi connectivity index (χ1n) is 10.1. The van der Waals surface area contributed by atoms with Crippen LogP contribution in [0.2, 0.25) is 5.02 Å². The van der Waals surface area contributed by atoms with Gasteiger partial charge < -0.3 is 0 Å². The molecule has 2 aromatic heterocycles. The molecule has 0 saturated heterocycles. The number of halogens is 1. The number of carbonyl (C=O) groups is 1. The third-order valence-corrected chi connectivity index (χ3v) is 6.99. The molecule has 31 heavy (non-hydrogen) atoms. The van der Waals surface area contributed by atoms with E-state index in [9.17, 15) is 4.79 Å². The van der Waals surface area contributed by atoms with E-state index >= 15 is 0 Å². The third-order valence-electron chi connectivity index (χ3n) is 5.45. The number of nitrogens with zero attached hydrogens (tertiary/aromatic N) is 3. The molecule has 0 unspecified atom stereocenters. The molecule has 1 amide bonds. The van der Waals surface area contributed by atoms with Crippen LogP contribution < -0.4 is 4.90 Å². The van der Waals surface area contributed by atoms with Gasteiger partial charge in [-0.3, -0.25) is 14.7 Å². The van der Waals surface area contributed by atoms with Gasteiger partial charge in [-0.2, -0.15) is 0 Å². The fraction of sp³-hybridized carbons (Fsp3) is 0.240. The number of carbonyl (C=O) groups excluding carboxylic acids is 1. The summed E-state index contributed by atoms with van der Waals surface area (Å²) in [7, 11) is 0. The number of pyridine rings is 1. The fourth-order valence-electron chi connectivity index (χ4n) is 3.88. The molecule has 6 heteroatoms. The molecule has 0 aliphatic carbocycles. The van der Waals surface area contributed by atoms with Crippen molar-refractivity contribution >= 4 is 44.2 Å². The highest BCUT2D eigenvalue weighted by atomic mass is 35.5. The van der Waals surface area contributed by atoms with Crippen LogP contribution in [-0.2, 0) is 17.8 Å². The van der Waals surface area contributed by atoms with Crippen molar-refractivity contribution in [2.75, 3.05) is 4.90 Å². The van der Waals surface area contributed by atoms with Gasteiger partial charge in [-0.25, -0.2) is 4.98 Å². The molecule has 0 bridgehead atoms. The molecule has 4 aromatic rings. The van der Waals surface area contributed by atoms with Crippen LogP contribution in [0.3, 0.4) is 0 Å². The summed E-state index contributed by atoms with van der Waals surface area (Å²) in [5, 5.41) is 1.31. The SMILES string of the molecule is Cc1cc(C)c(CC(=O)N(Cc2cccnc2)c2nc3c(C)ccc(Cl)c3s2)c(C)c1. The number of rotatable bonds is 5. The maximum absolute atomic E-state index is 13.6. The van der Waals surface area contributed by atoms with Gasteiger partial charge in [0.05, 0.1) is 28.2 Å². The Hall–Kier alpha value is -2.76. The highest BCUT2D eigenvalue weighted by Gasteiger charge is 2.23. The van der Waals surface area contributed by atoms with E-state index in [0.717, 1.165) is 38.0 Å². The Morgan fingerprint density at radius 1 is 1.06 bits per heavy atom. The first kappa shape index (κ1) is 21.5. The lowest BCUT2D eigenvalue weighted by Gasteiger charge is -2.21. The molecule has 0 radical (unpaired) electrons. The summed E-state index contributed by atoms with van der Waals surface area (Å²) in [4.78, 5) is 24.4. The number of fused-ring (bicyclic) bond motifs is 1. The lowest BCUT2D eigenvalue weighted by atomic mass is 9.97. The largest absolute Gasteiger partial charge is 0.283 e. The van der Waals surface area contributed by atoms with Crippen molar-refractivity contribution in [2.45, 2.75) is 40.7 Å². The minimum absolute atomic E-state index is 0.00624. The molecule has 0 fully saturated rings. The fourth-order valence-corrected chi connectivity index (χ4v) is 5.21. The van der Waals surface area contributed by atoms with Gasteiger partial charge in [0.25, 0.3) is 0 Å². The van der Waals surface area contributed by atoms with Gasteiger partial charge in [-0.1, -0.05) is 52.8 Å². The number of amides is 1. The molecule has 0 spiro atoms. The Morgan fingerprint density at radius 2 is 1.81 bits per heavy atom. The Morgan fingerprint density at radius 3 is 2.45 bits per heavy atom. The quantitative estimate of drug-likeness (QED) is 0.356. The van der Waals surface area contributed by atoms with E-state index in [1.54, 1.807) is 17.3 Å². The normalized spacial score (nSPS) is 11.1. The number of hydrogen-bond acceptors (Lipinski definition) is 4. The van der Waals surface area contributed by atoms with Crippen LogP contribution in [0.15, 0.2) is 48.8 Å². The predicted octanol–water partition coefficient (Wildman–Crippen LogP) is 6.35. The second kappa shape index (κ2) is 8.77.